The van der Waals surface area contributed by atoms with Gasteiger partial charge in [0.2, 0.25) is 5.91 Å². The molecular formula is C13H16N4O3S. The van der Waals surface area contributed by atoms with Crippen molar-refractivity contribution in [2.24, 2.45) is 5.73 Å². The second-order valence-electron chi connectivity index (χ2n) is 4.50. The molecule has 8 heteroatoms. The molecule has 0 spiro atoms. The summed E-state index contributed by atoms with van der Waals surface area (Å²) < 4.78 is 0. The lowest BCUT2D eigenvalue weighted by Gasteiger charge is -2.14. The summed E-state index contributed by atoms with van der Waals surface area (Å²) in [5.74, 6) is 0.547. The summed E-state index contributed by atoms with van der Waals surface area (Å²) in [6, 6.07) is 6.34. The molecule has 0 bridgehead atoms. The van der Waals surface area contributed by atoms with Crippen molar-refractivity contribution in [1.82, 2.24) is 10.2 Å². The highest BCUT2D eigenvalue weighted by Gasteiger charge is 2.22. The van der Waals surface area contributed by atoms with Gasteiger partial charge in [0.1, 0.15) is 6.54 Å². The fraction of sp³-hybridized carbons (Fsp3) is 0.308. The van der Waals surface area contributed by atoms with Gasteiger partial charge in [0.05, 0.1) is 0 Å². The van der Waals surface area contributed by atoms with E-state index in [9.17, 15) is 14.4 Å². The van der Waals surface area contributed by atoms with E-state index >= 15 is 0 Å². The van der Waals surface area contributed by atoms with Crippen LogP contribution in [0.1, 0.15) is 5.56 Å². The average molecular weight is 308 g/mol. The number of hydrogen-bond donors (Lipinski definition) is 3. The number of carbonyl (C=O) groups is 3. The van der Waals surface area contributed by atoms with Crippen LogP contribution in [0.2, 0.25) is 0 Å². The summed E-state index contributed by atoms with van der Waals surface area (Å²) in [6.07, 6.45) is 0. The van der Waals surface area contributed by atoms with Crippen molar-refractivity contribution in [3.63, 3.8) is 0 Å². The number of amides is 4. The lowest BCUT2D eigenvalue weighted by molar-refractivity contribution is -0.121. The fourth-order valence-corrected chi connectivity index (χ4v) is 2.67. The van der Waals surface area contributed by atoms with E-state index in [1.807, 2.05) is 0 Å². The van der Waals surface area contributed by atoms with Crippen molar-refractivity contribution in [2.45, 2.75) is 6.54 Å². The Morgan fingerprint density at radius 3 is 2.57 bits per heavy atom. The Labute approximate surface area is 126 Å². The third-order valence-electron chi connectivity index (χ3n) is 2.89. The first-order valence-electron chi connectivity index (χ1n) is 6.38. The number of hydrogen-bond acceptors (Lipinski definition) is 4. The largest absolute Gasteiger partial charge is 0.351 e. The number of benzene rings is 1. The Balaban J connectivity index is 1.78. The third-order valence-corrected chi connectivity index (χ3v) is 3.78. The first kappa shape index (κ1) is 15.2. The minimum Gasteiger partial charge on any atom is -0.351 e. The highest BCUT2D eigenvalue weighted by molar-refractivity contribution is 8.13. The molecule has 0 unspecified atom stereocenters. The average Bonchev–Trinajstić information content (AvgIpc) is 2.83. The van der Waals surface area contributed by atoms with Crippen molar-refractivity contribution >= 4 is 34.6 Å². The quantitative estimate of drug-likeness (QED) is 0.753. The molecule has 0 aliphatic carbocycles. The van der Waals surface area contributed by atoms with E-state index in [1.54, 1.807) is 24.3 Å². The van der Waals surface area contributed by atoms with Crippen molar-refractivity contribution in [1.29, 1.82) is 0 Å². The van der Waals surface area contributed by atoms with Gasteiger partial charge >= 0.3 is 6.03 Å². The molecule has 0 aromatic heterocycles. The molecule has 1 fully saturated rings. The summed E-state index contributed by atoms with van der Waals surface area (Å²) in [6.45, 7) is 1.07. The summed E-state index contributed by atoms with van der Waals surface area (Å²) in [5, 5.41) is 5.16. The van der Waals surface area contributed by atoms with Crippen molar-refractivity contribution in [3.8, 4) is 0 Å². The molecule has 0 saturated carbocycles. The number of rotatable bonds is 5. The van der Waals surface area contributed by atoms with Crippen LogP contribution in [-0.4, -0.2) is 40.9 Å². The number of nitrogens with one attached hydrogen (secondary N) is 2. The molecule has 0 radical (unpaired) electrons. The Bertz CT molecular complexity index is 547. The molecular weight excluding hydrogens is 292 g/mol. The van der Waals surface area contributed by atoms with Gasteiger partial charge in [-0.05, 0) is 17.7 Å². The Morgan fingerprint density at radius 1 is 1.29 bits per heavy atom. The second-order valence-corrected chi connectivity index (χ2v) is 5.54. The monoisotopic (exact) mass is 308 g/mol. The third kappa shape index (κ3) is 4.67. The van der Waals surface area contributed by atoms with E-state index in [0.29, 0.717) is 18.8 Å². The molecule has 1 aliphatic heterocycles. The standard InChI is InChI=1S/C13H16N4O3S/c14-12(19)16-10-3-1-9(2-4-10)7-15-11(18)8-17-5-6-21-13(17)20/h1-4H,5-8H2,(H,15,18)(H3,14,16,19). The van der Waals surface area contributed by atoms with Crippen LogP contribution in [0.5, 0.6) is 0 Å². The summed E-state index contributed by atoms with van der Waals surface area (Å²) in [4.78, 5) is 35.3. The number of nitrogens with zero attached hydrogens (tertiary/aromatic N) is 1. The van der Waals surface area contributed by atoms with Crippen molar-refractivity contribution < 1.29 is 14.4 Å². The van der Waals surface area contributed by atoms with Crippen LogP contribution in [0.3, 0.4) is 0 Å². The fourth-order valence-electron chi connectivity index (χ4n) is 1.85. The van der Waals surface area contributed by atoms with E-state index in [1.165, 1.54) is 16.7 Å². The smallest absolute Gasteiger partial charge is 0.316 e. The van der Waals surface area contributed by atoms with Gasteiger partial charge in [-0.25, -0.2) is 4.79 Å². The van der Waals surface area contributed by atoms with Crippen LogP contribution in [0, 0.1) is 0 Å². The van der Waals surface area contributed by atoms with Gasteiger partial charge in [0.25, 0.3) is 5.24 Å². The topological polar surface area (TPSA) is 105 Å². The van der Waals surface area contributed by atoms with Crippen LogP contribution in [0.4, 0.5) is 15.3 Å². The van der Waals surface area contributed by atoms with Gasteiger partial charge in [-0.1, -0.05) is 23.9 Å². The van der Waals surface area contributed by atoms with Crippen molar-refractivity contribution in [2.75, 3.05) is 24.2 Å². The summed E-state index contributed by atoms with van der Waals surface area (Å²) in [5.41, 5.74) is 6.49. The zero-order valence-electron chi connectivity index (χ0n) is 11.3. The van der Waals surface area contributed by atoms with Gasteiger partial charge in [-0.15, -0.1) is 0 Å². The Hall–Kier alpha value is -2.22. The maximum atomic E-state index is 11.7. The maximum Gasteiger partial charge on any atom is 0.316 e. The first-order valence-corrected chi connectivity index (χ1v) is 7.37. The minimum atomic E-state index is -0.621. The first-order chi connectivity index (χ1) is 10.0. The van der Waals surface area contributed by atoms with Gasteiger partial charge in [0.15, 0.2) is 0 Å². The number of anilines is 1. The number of nitrogens with two attached hydrogens (primary N) is 1. The van der Waals surface area contributed by atoms with Gasteiger partial charge in [-0.3, -0.25) is 9.59 Å². The molecule has 7 nitrogen and oxygen atoms in total. The van der Waals surface area contributed by atoms with E-state index in [2.05, 4.69) is 10.6 Å². The highest BCUT2D eigenvalue weighted by atomic mass is 32.2. The number of urea groups is 1. The van der Waals surface area contributed by atoms with Gasteiger partial charge < -0.3 is 21.3 Å². The van der Waals surface area contributed by atoms with Crippen LogP contribution >= 0.6 is 11.8 Å². The lowest BCUT2D eigenvalue weighted by atomic mass is 10.2. The molecule has 2 rings (SSSR count). The molecule has 1 aromatic rings. The molecule has 112 valence electrons. The summed E-state index contributed by atoms with van der Waals surface area (Å²) >= 11 is 1.23. The molecule has 4 N–H and O–H groups in total. The van der Waals surface area contributed by atoms with Crippen LogP contribution in [0.25, 0.3) is 0 Å². The molecule has 1 aliphatic rings. The number of carbonyl (C=O) groups excluding carboxylic acids is 3. The highest BCUT2D eigenvalue weighted by Crippen LogP contribution is 2.16. The van der Waals surface area contributed by atoms with E-state index in [-0.39, 0.29) is 17.7 Å². The molecule has 1 aromatic carbocycles. The summed E-state index contributed by atoms with van der Waals surface area (Å²) in [7, 11) is 0. The van der Waals surface area contributed by atoms with E-state index < -0.39 is 6.03 Å². The Morgan fingerprint density at radius 2 is 2.00 bits per heavy atom. The number of thioether (sulfide) groups is 1. The normalized spacial score (nSPS) is 14.1. The van der Waals surface area contributed by atoms with Gasteiger partial charge in [-0.2, -0.15) is 0 Å². The Kier molecular flexibility index (Phi) is 5.04. The zero-order valence-corrected chi connectivity index (χ0v) is 12.1. The predicted octanol–water partition coefficient (Wildman–Crippen LogP) is 0.962. The zero-order chi connectivity index (χ0) is 15.2. The van der Waals surface area contributed by atoms with Crippen LogP contribution in [-0.2, 0) is 11.3 Å². The van der Waals surface area contributed by atoms with Crippen LogP contribution < -0.4 is 16.4 Å². The molecule has 1 saturated heterocycles. The van der Waals surface area contributed by atoms with E-state index in [0.717, 1.165) is 11.3 Å². The number of primary amides is 1. The SMILES string of the molecule is NC(=O)Nc1ccc(CNC(=O)CN2CCSC2=O)cc1. The molecule has 21 heavy (non-hydrogen) atoms. The molecule has 1 heterocycles. The van der Waals surface area contributed by atoms with E-state index in [4.69, 9.17) is 5.73 Å². The second kappa shape index (κ2) is 6.98. The maximum absolute atomic E-state index is 11.7. The molecule has 0 atom stereocenters. The van der Waals surface area contributed by atoms with Crippen molar-refractivity contribution in [3.05, 3.63) is 29.8 Å². The predicted molar refractivity (Wildman–Crippen MR) is 80.9 cm³/mol. The van der Waals surface area contributed by atoms with Gasteiger partial charge in [0, 0.05) is 24.5 Å². The van der Waals surface area contributed by atoms with Crippen LogP contribution in [0.15, 0.2) is 24.3 Å². The molecule has 4 amide bonds. The minimum absolute atomic E-state index is 0.0490. The lowest BCUT2D eigenvalue weighted by Crippen LogP contribution is -2.36.